The van der Waals surface area contributed by atoms with Crippen molar-refractivity contribution in [2.45, 2.75) is 13.8 Å². The number of thiophene rings is 1. The van der Waals surface area contributed by atoms with E-state index in [2.05, 4.69) is 5.32 Å². The van der Waals surface area contributed by atoms with E-state index < -0.39 is 0 Å². The van der Waals surface area contributed by atoms with Crippen LogP contribution >= 0.6 is 11.3 Å². The van der Waals surface area contributed by atoms with Gasteiger partial charge >= 0.3 is 0 Å². The molecule has 1 aliphatic rings. The van der Waals surface area contributed by atoms with Gasteiger partial charge in [0.15, 0.2) is 11.5 Å². The molecule has 2 amide bonds. The van der Waals surface area contributed by atoms with Gasteiger partial charge in [-0.2, -0.15) is 0 Å². The van der Waals surface area contributed by atoms with Crippen molar-refractivity contribution in [1.82, 2.24) is 4.90 Å². The Bertz CT molecular complexity index is 1130. The van der Waals surface area contributed by atoms with E-state index in [1.165, 1.54) is 28.4 Å². The molecular weight excluding hydrogens is 407 g/mol. The molecular formula is C22H21FN2O4S. The number of halogens is 1. The van der Waals surface area contributed by atoms with Crippen molar-refractivity contribution in [2.24, 2.45) is 0 Å². The lowest BCUT2D eigenvalue weighted by Gasteiger charge is -2.21. The molecule has 0 radical (unpaired) electrons. The first-order valence-corrected chi connectivity index (χ1v) is 10.5. The number of nitrogens with one attached hydrogen (secondary N) is 1. The second-order valence-electron chi connectivity index (χ2n) is 6.92. The number of nitrogens with zero attached hydrogens (tertiary/aromatic N) is 1. The van der Waals surface area contributed by atoms with Crippen molar-refractivity contribution in [3.05, 3.63) is 52.7 Å². The van der Waals surface area contributed by atoms with Crippen LogP contribution in [0.2, 0.25) is 0 Å². The predicted octanol–water partition coefficient (Wildman–Crippen LogP) is 4.22. The molecule has 0 bridgehead atoms. The minimum Gasteiger partial charge on any atom is -0.486 e. The molecule has 1 aromatic heterocycles. The molecule has 2 heterocycles. The SMILES string of the molecule is CCN(CC(=O)Nc1ccc2c(c1)OCCO2)C(=O)c1sc2ccc(F)cc2c1C. The van der Waals surface area contributed by atoms with Crippen LogP contribution in [0.15, 0.2) is 36.4 Å². The van der Waals surface area contributed by atoms with Gasteiger partial charge in [0.1, 0.15) is 25.6 Å². The number of aryl methyl sites for hydroxylation is 1. The smallest absolute Gasteiger partial charge is 0.264 e. The van der Waals surface area contributed by atoms with Crippen molar-refractivity contribution in [3.8, 4) is 11.5 Å². The number of rotatable bonds is 5. The highest BCUT2D eigenvalue weighted by atomic mass is 32.1. The molecule has 0 aliphatic carbocycles. The lowest BCUT2D eigenvalue weighted by atomic mass is 10.1. The highest BCUT2D eigenvalue weighted by Gasteiger charge is 2.23. The fraction of sp³-hybridized carbons (Fsp3) is 0.273. The zero-order valence-electron chi connectivity index (χ0n) is 16.7. The van der Waals surface area contributed by atoms with Crippen LogP contribution in [0.5, 0.6) is 11.5 Å². The van der Waals surface area contributed by atoms with Gasteiger partial charge in [0.2, 0.25) is 5.91 Å². The summed E-state index contributed by atoms with van der Waals surface area (Å²) in [6, 6.07) is 9.66. The van der Waals surface area contributed by atoms with E-state index in [0.29, 0.717) is 41.8 Å². The summed E-state index contributed by atoms with van der Waals surface area (Å²) in [5.74, 6) is 0.325. The van der Waals surface area contributed by atoms with Gasteiger partial charge in [-0.25, -0.2) is 4.39 Å². The Balaban J connectivity index is 1.48. The largest absolute Gasteiger partial charge is 0.486 e. The number of benzene rings is 2. The molecule has 30 heavy (non-hydrogen) atoms. The van der Waals surface area contributed by atoms with Gasteiger partial charge < -0.3 is 19.7 Å². The number of fused-ring (bicyclic) bond motifs is 2. The minimum absolute atomic E-state index is 0.0914. The molecule has 156 valence electrons. The van der Waals surface area contributed by atoms with Gasteiger partial charge in [-0.05, 0) is 55.1 Å². The molecule has 0 atom stereocenters. The fourth-order valence-electron chi connectivity index (χ4n) is 3.36. The Hall–Kier alpha value is -3.13. The van der Waals surface area contributed by atoms with E-state index >= 15 is 0 Å². The maximum atomic E-state index is 13.6. The minimum atomic E-state index is -0.339. The third-order valence-corrected chi connectivity index (χ3v) is 6.18. The maximum absolute atomic E-state index is 13.6. The average molecular weight is 428 g/mol. The van der Waals surface area contributed by atoms with E-state index in [9.17, 15) is 14.0 Å². The number of carbonyl (C=O) groups is 2. The number of ether oxygens (including phenoxy) is 2. The molecule has 3 aromatic rings. The second-order valence-corrected chi connectivity index (χ2v) is 7.97. The van der Waals surface area contributed by atoms with Gasteiger partial charge in [0, 0.05) is 23.0 Å². The van der Waals surface area contributed by atoms with E-state index in [1.807, 2.05) is 6.92 Å². The van der Waals surface area contributed by atoms with Crippen molar-refractivity contribution in [2.75, 3.05) is 31.6 Å². The summed E-state index contributed by atoms with van der Waals surface area (Å²) in [6.07, 6.45) is 0. The standard InChI is InChI=1S/C22H21FN2O4S/c1-3-25(22(27)21-13(2)16-10-14(23)4-7-19(16)30-21)12-20(26)24-15-5-6-17-18(11-15)29-9-8-28-17/h4-7,10-11H,3,8-9,12H2,1-2H3,(H,24,26). The van der Waals surface area contributed by atoms with Crippen LogP contribution < -0.4 is 14.8 Å². The Labute approximate surface area is 177 Å². The number of anilines is 1. The molecule has 2 aromatic carbocycles. The second kappa shape index (κ2) is 8.31. The van der Waals surface area contributed by atoms with Crippen LogP contribution in [0, 0.1) is 12.7 Å². The Kier molecular flexibility index (Phi) is 5.59. The van der Waals surface area contributed by atoms with E-state index in [1.54, 1.807) is 31.2 Å². The summed E-state index contributed by atoms with van der Waals surface area (Å²) < 4.78 is 25.4. The Morgan fingerprint density at radius 2 is 1.90 bits per heavy atom. The van der Waals surface area contributed by atoms with Crippen molar-refractivity contribution in [3.63, 3.8) is 0 Å². The summed E-state index contributed by atoms with van der Waals surface area (Å²) in [5.41, 5.74) is 1.30. The highest BCUT2D eigenvalue weighted by molar-refractivity contribution is 7.21. The zero-order valence-corrected chi connectivity index (χ0v) is 17.5. The van der Waals surface area contributed by atoms with Gasteiger partial charge in [-0.15, -0.1) is 11.3 Å². The normalized spacial score (nSPS) is 12.6. The molecule has 1 N–H and O–H groups in total. The predicted molar refractivity (Wildman–Crippen MR) is 114 cm³/mol. The van der Waals surface area contributed by atoms with Crippen LogP contribution in [0.4, 0.5) is 10.1 Å². The molecule has 0 unspecified atom stereocenters. The third-order valence-electron chi connectivity index (χ3n) is 4.92. The summed E-state index contributed by atoms with van der Waals surface area (Å²) in [5, 5.41) is 3.52. The third kappa shape index (κ3) is 3.95. The molecule has 8 heteroatoms. The van der Waals surface area contributed by atoms with Gasteiger partial charge in [-0.3, -0.25) is 9.59 Å². The van der Waals surface area contributed by atoms with Crippen molar-refractivity contribution >= 4 is 38.9 Å². The van der Waals surface area contributed by atoms with E-state index in [0.717, 1.165) is 15.6 Å². The van der Waals surface area contributed by atoms with Gasteiger partial charge in [0.25, 0.3) is 5.91 Å². The van der Waals surface area contributed by atoms with Crippen LogP contribution in [0.3, 0.4) is 0 Å². The molecule has 4 rings (SSSR count). The monoisotopic (exact) mass is 428 g/mol. The van der Waals surface area contributed by atoms with E-state index in [-0.39, 0.29) is 24.2 Å². The number of hydrogen-bond acceptors (Lipinski definition) is 5. The van der Waals surface area contributed by atoms with Crippen molar-refractivity contribution < 1.29 is 23.5 Å². The number of likely N-dealkylation sites (N-methyl/N-ethyl adjacent to an activating group) is 1. The zero-order chi connectivity index (χ0) is 21.3. The van der Waals surface area contributed by atoms with E-state index in [4.69, 9.17) is 9.47 Å². The molecule has 1 aliphatic heterocycles. The number of amides is 2. The average Bonchev–Trinajstić information content (AvgIpc) is 3.07. The van der Waals surface area contributed by atoms with Gasteiger partial charge in [-0.1, -0.05) is 0 Å². The number of hydrogen-bond donors (Lipinski definition) is 1. The Morgan fingerprint density at radius 3 is 2.67 bits per heavy atom. The molecule has 0 spiro atoms. The molecule has 0 fully saturated rings. The van der Waals surface area contributed by atoms with Gasteiger partial charge in [0.05, 0.1) is 4.88 Å². The summed E-state index contributed by atoms with van der Waals surface area (Å²) in [7, 11) is 0. The summed E-state index contributed by atoms with van der Waals surface area (Å²) in [6.45, 7) is 4.85. The topological polar surface area (TPSA) is 67.9 Å². The molecule has 6 nitrogen and oxygen atoms in total. The highest BCUT2D eigenvalue weighted by Crippen LogP contribution is 2.33. The van der Waals surface area contributed by atoms with Crippen LogP contribution in [0.1, 0.15) is 22.2 Å². The van der Waals surface area contributed by atoms with Crippen LogP contribution in [0.25, 0.3) is 10.1 Å². The van der Waals surface area contributed by atoms with Crippen LogP contribution in [-0.2, 0) is 4.79 Å². The maximum Gasteiger partial charge on any atom is 0.264 e. The number of carbonyl (C=O) groups excluding carboxylic acids is 2. The summed E-state index contributed by atoms with van der Waals surface area (Å²) in [4.78, 5) is 27.6. The van der Waals surface area contributed by atoms with Crippen LogP contribution in [-0.4, -0.2) is 43.0 Å². The molecule has 0 saturated carbocycles. The quantitative estimate of drug-likeness (QED) is 0.661. The first-order chi connectivity index (χ1) is 14.5. The first-order valence-electron chi connectivity index (χ1n) is 9.63. The first kappa shape index (κ1) is 20.2. The Morgan fingerprint density at radius 1 is 1.13 bits per heavy atom. The fourth-order valence-corrected chi connectivity index (χ4v) is 4.52. The van der Waals surface area contributed by atoms with Crippen molar-refractivity contribution in [1.29, 1.82) is 0 Å². The summed E-state index contributed by atoms with van der Waals surface area (Å²) >= 11 is 1.31. The molecule has 0 saturated heterocycles. The lowest BCUT2D eigenvalue weighted by Crippen LogP contribution is -2.37. The lowest BCUT2D eigenvalue weighted by molar-refractivity contribution is -0.116.